The number of ketones is 1. The Bertz CT molecular complexity index is 576. The SMILES string of the molecule is CC(=O)C(C)/C(N)=N/S(=O)(=O)c1ccc(N)cc1. The zero-order valence-corrected chi connectivity index (χ0v) is 10.9. The molecule has 0 saturated carbocycles. The molecule has 0 spiro atoms. The summed E-state index contributed by atoms with van der Waals surface area (Å²) in [5, 5.41) is 0. The second-order valence-electron chi connectivity index (χ2n) is 3.89. The van der Waals surface area contributed by atoms with E-state index in [2.05, 4.69) is 4.40 Å². The Kier molecular flexibility index (Phi) is 4.07. The Morgan fingerprint density at radius 3 is 2.22 bits per heavy atom. The van der Waals surface area contributed by atoms with E-state index in [-0.39, 0.29) is 16.5 Å². The Morgan fingerprint density at radius 1 is 1.28 bits per heavy atom. The van der Waals surface area contributed by atoms with Crippen LogP contribution in [-0.4, -0.2) is 20.0 Å². The fraction of sp³-hybridized carbons (Fsp3) is 0.273. The molecule has 0 saturated heterocycles. The van der Waals surface area contributed by atoms with Crippen LogP contribution in [0.1, 0.15) is 13.8 Å². The van der Waals surface area contributed by atoms with Gasteiger partial charge in [-0.2, -0.15) is 8.42 Å². The van der Waals surface area contributed by atoms with Crippen LogP contribution in [0.5, 0.6) is 0 Å². The summed E-state index contributed by atoms with van der Waals surface area (Å²) >= 11 is 0. The molecule has 7 heteroatoms. The lowest BCUT2D eigenvalue weighted by molar-refractivity contribution is -0.118. The summed E-state index contributed by atoms with van der Waals surface area (Å²) in [6, 6.07) is 5.57. The Labute approximate surface area is 106 Å². The normalized spacial score (nSPS) is 14.2. The first-order chi connectivity index (χ1) is 8.24. The summed E-state index contributed by atoms with van der Waals surface area (Å²) in [5.74, 6) is -1.20. The van der Waals surface area contributed by atoms with Crippen molar-refractivity contribution in [2.75, 3.05) is 5.73 Å². The third-order valence-electron chi connectivity index (χ3n) is 2.46. The molecule has 0 radical (unpaired) electrons. The number of nitrogen functional groups attached to an aromatic ring is 1. The molecule has 0 heterocycles. The smallest absolute Gasteiger partial charge is 0.283 e. The number of benzene rings is 1. The number of anilines is 1. The first-order valence-corrected chi connectivity index (χ1v) is 6.64. The van der Waals surface area contributed by atoms with Gasteiger partial charge in [0.05, 0.1) is 10.8 Å². The Morgan fingerprint density at radius 2 is 1.78 bits per heavy atom. The minimum atomic E-state index is -3.90. The topological polar surface area (TPSA) is 116 Å². The van der Waals surface area contributed by atoms with Crippen LogP contribution in [-0.2, 0) is 14.8 Å². The molecule has 18 heavy (non-hydrogen) atoms. The van der Waals surface area contributed by atoms with Crippen LogP contribution in [0.25, 0.3) is 0 Å². The number of carbonyl (C=O) groups is 1. The summed E-state index contributed by atoms with van der Waals surface area (Å²) in [7, 11) is -3.90. The molecule has 0 amide bonds. The number of hydrogen-bond donors (Lipinski definition) is 2. The van der Waals surface area contributed by atoms with Gasteiger partial charge in [0.2, 0.25) is 0 Å². The summed E-state index contributed by atoms with van der Waals surface area (Å²) in [6.45, 7) is 2.82. The molecular formula is C11H15N3O3S. The number of nitrogens with zero attached hydrogens (tertiary/aromatic N) is 1. The van der Waals surface area contributed by atoms with E-state index in [0.29, 0.717) is 5.69 Å². The van der Waals surface area contributed by atoms with E-state index in [4.69, 9.17) is 11.5 Å². The van der Waals surface area contributed by atoms with E-state index >= 15 is 0 Å². The molecule has 1 aromatic carbocycles. The van der Waals surface area contributed by atoms with Crippen LogP contribution in [0.2, 0.25) is 0 Å². The van der Waals surface area contributed by atoms with Crippen LogP contribution in [0, 0.1) is 5.92 Å². The van der Waals surface area contributed by atoms with Crippen molar-refractivity contribution in [3.8, 4) is 0 Å². The van der Waals surface area contributed by atoms with E-state index in [0.717, 1.165) is 0 Å². The molecule has 1 unspecified atom stereocenters. The van der Waals surface area contributed by atoms with Crippen molar-refractivity contribution in [2.45, 2.75) is 18.7 Å². The van der Waals surface area contributed by atoms with Crippen molar-refractivity contribution in [3.05, 3.63) is 24.3 Å². The molecule has 6 nitrogen and oxygen atoms in total. The van der Waals surface area contributed by atoms with Gasteiger partial charge in [-0.3, -0.25) is 4.79 Å². The summed E-state index contributed by atoms with van der Waals surface area (Å²) < 4.78 is 27.2. The number of sulfonamides is 1. The predicted octanol–water partition coefficient (Wildman–Crippen LogP) is 0.540. The number of carbonyl (C=O) groups excluding carboxylic acids is 1. The number of Topliss-reactive ketones (excluding diaryl/α,β-unsaturated/α-hetero) is 1. The molecule has 0 aliphatic rings. The third kappa shape index (κ3) is 3.30. The highest BCUT2D eigenvalue weighted by molar-refractivity contribution is 7.90. The van der Waals surface area contributed by atoms with Crippen LogP contribution in [0.3, 0.4) is 0 Å². The van der Waals surface area contributed by atoms with Gasteiger partial charge in [-0.15, -0.1) is 4.40 Å². The van der Waals surface area contributed by atoms with Crippen molar-refractivity contribution in [1.29, 1.82) is 0 Å². The highest BCUT2D eigenvalue weighted by Gasteiger charge is 2.18. The Balaban J connectivity index is 3.12. The lowest BCUT2D eigenvalue weighted by Gasteiger charge is -2.07. The van der Waals surface area contributed by atoms with Crippen LogP contribution in [0.4, 0.5) is 5.69 Å². The maximum atomic E-state index is 11.9. The van der Waals surface area contributed by atoms with Gasteiger partial charge in [-0.1, -0.05) is 0 Å². The molecule has 98 valence electrons. The average molecular weight is 269 g/mol. The van der Waals surface area contributed by atoms with E-state index < -0.39 is 15.9 Å². The van der Waals surface area contributed by atoms with E-state index in [1.165, 1.54) is 38.1 Å². The highest BCUT2D eigenvalue weighted by Crippen LogP contribution is 2.15. The summed E-state index contributed by atoms with van der Waals surface area (Å²) in [4.78, 5) is 11.1. The predicted molar refractivity (Wildman–Crippen MR) is 69.5 cm³/mol. The molecule has 0 aliphatic heterocycles. The zero-order chi connectivity index (χ0) is 13.9. The van der Waals surface area contributed by atoms with Crippen molar-refractivity contribution in [1.82, 2.24) is 0 Å². The Hall–Kier alpha value is -1.89. The van der Waals surface area contributed by atoms with Crippen LogP contribution < -0.4 is 11.5 Å². The van der Waals surface area contributed by atoms with Gasteiger partial charge in [0.15, 0.2) is 0 Å². The maximum absolute atomic E-state index is 11.9. The molecule has 0 bridgehead atoms. The van der Waals surface area contributed by atoms with Crippen molar-refractivity contribution < 1.29 is 13.2 Å². The lowest BCUT2D eigenvalue weighted by Crippen LogP contribution is -2.27. The third-order valence-corrected chi connectivity index (χ3v) is 3.78. The average Bonchev–Trinajstić information content (AvgIpc) is 2.27. The fourth-order valence-electron chi connectivity index (χ4n) is 1.12. The fourth-order valence-corrected chi connectivity index (χ4v) is 2.14. The summed E-state index contributed by atoms with van der Waals surface area (Å²) in [5.41, 5.74) is 11.4. The molecule has 0 aliphatic carbocycles. The first-order valence-electron chi connectivity index (χ1n) is 5.20. The molecule has 1 aromatic rings. The quantitative estimate of drug-likeness (QED) is 0.470. The number of hydrogen-bond acceptors (Lipinski definition) is 4. The molecule has 1 rings (SSSR count). The van der Waals surface area contributed by atoms with Gasteiger partial charge >= 0.3 is 0 Å². The minimum absolute atomic E-state index is 0.0181. The number of rotatable bonds is 4. The lowest BCUT2D eigenvalue weighted by atomic mass is 10.1. The standard InChI is InChI=1S/C11H15N3O3S/c1-7(8(2)15)11(13)14-18(16,17)10-5-3-9(12)4-6-10/h3-7H,12H2,1-2H3,(H2,13,14). The van der Waals surface area contributed by atoms with Crippen molar-refractivity contribution >= 4 is 27.3 Å². The number of nitrogens with two attached hydrogens (primary N) is 2. The molecule has 4 N–H and O–H groups in total. The molecule has 0 fully saturated rings. The van der Waals surface area contributed by atoms with Crippen molar-refractivity contribution in [3.63, 3.8) is 0 Å². The second-order valence-corrected chi connectivity index (χ2v) is 5.50. The largest absolute Gasteiger partial charge is 0.399 e. The molecule has 0 aromatic heterocycles. The molecular weight excluding hydrogens is 254 g/mol. The molecule has 1 atom stereocenters. The van der Waals surface area contributed by atoms with Gasteiger partial charge in [-0.25, -0.2) is 0 Å². The van der Waals surface area contributed by atoms with Gasteiger partial charge in [0.1, 0.15) is 11.6 Å². The van der Waals surface area contributed by atoms with Crippen LogP contribution >= 0.6 is 0 Å². The van der Waals surface area contributed by atoms with Gasteiger partial charge in [0.25, 0.3) is 10.0 Å². The van der Waals surface area contributed by atoms with E-state index in [1.54, 1.807) is 0 Å². The van der Waals surface area contributed by atoms with Crippen molar-refractivity contribution in [2.24, 2.45) is 16.0 Å². The first kappa shape index (κ1) is 14.2. The number of amidine groups is 1. The van der Waals surface area contributed by atoms with Gasteiger partial charge in [0, 0.05) is 5.69 Å². The van der Waals surface area contributed by atoms with E-state index in [9.17, 15) is 13.2 Å². The summed E-state index contributed by atoms with van der Waals surface area (Å²) in [6.07, 6.45) is 0. The van der Waals surface area contributed by atoms with Gasteiger partial charge < -0.3 is 11.5 Å². The second kappa shape index (κ2) is 5.18. The maximum Gasteiger partial charge on any atom is 0.283 e. The zero-order valence-electron chi connectivity index (χ0n) is 10.1. The minimum Gasteiger partial charge on any atom is -0.399 e. The van der Waals surface area contributed by atoms with Crippen LogP contribution in [0.15, 0.2) is 33.6 Å². The van der Waals surface area contributed by atoms with E-state index in [1.807, 2.05) is 0 Å². The monoisotopic (exact) mass is 269 g/mol. The van der Waals surface area contributed by atoms with Gasteiger partial charge in [-0.05, 0) is 38.1 Å². The highest BCUT2D eigenvalue weighted by atomic mass is 32.2.